The standard InChI is InChI=1S/C27H28ClN5O2/c1-29-23-9-6-18(16-21(23)28)33-26(17-4-2-3-5-17)20-8-10-22-19(25(20)31-33)7-11-24(30-22)27(34)32-12-14-35-15-13-32/h6-7,9,11,16-17,20,26H,2-5,8,10,12-15H2. The number of carbonyl (C=O) groups excluding carboxylic acids is 1. The van der Waals surface area contributed by atoms with Crippen LogP contribution >= 0.6 is 11.6 Å². The average molecular weight is 490 g/mol. The van der Waals surface area contributed by atoms with Gasteiger partial charge in [0.1, 0.15) is 5.69 Å². The van der Waals surface area contributed by atoms with Crippen LogP contribution in [0.4, 0.5) is 11.4 Å². The number of halogens is 1. The van der Waals surface area contributed by atoms with Gasteiger partial charge in [0.2, 0.25) is 5.69 Å². The van der Waals surface area contributed by atoms with Gasteiger partial charge in [-0.1, -0.05) is 30.5 Å². The lowest BCUT2D eigenvalue weighted by molar-refractivity contribution is 0.0299. The van der Waals surface area contributed by atoms with E-state index < -0.39 is 0 Å². The predicted molar refractivity (Wildman–Crippen MR) is 135 cm³/mol. The number of ether oxygens (including phenoxy) is 1. The van der Waals surface area contributed by atoms with Gasteiger partial charge in [-0.3, -0.25) is 9.80 Å². The zero-order valence-electron chi connectivity index (χ0n) is 19.6. The molecule has 2 unspecified atom stereocenters. The van der Waals surface area contributed by atoms with E-state index in [1.165, 1.54) is 25.7 Å². The number of fused-ring (bicyclic) bond motifs is 3. The van der Waals surface area contributed by atoms with Crippen molar-refractivity contribution in [2.45, 2.75) is 44.6 Å². The molecule has 7 nitrogen and oxygen atoms in total. The molecule has 3 heterocycles. The number of nitrogens with zero attached hydrogens (tertiary/aromatic N) is 5. The van der Waals surface area contributed by atoms with Crippen molar-refractivity contribution >= 4 is 34.6 Å². The molecule has 1 saturated heterocycles. The monoisotopic (exact) mass is 489 g/mol. The number of anilines is 1. The minimum atomic E-state index is -0.0217. The molecule has 4 aliphatic rings. The Balaban J connectivity index is 1.35. The summed E-state index contributed by atoms with van der Waals surface area (Å²) >= 11 is 6.42. The smallest absolute Gasteiger partial charge is 0.272 e. The van der Waals surface area contributed by atoms with E-state index in [-0.39, 0.29) is 11.9 Å². The fraction of sp³-hybridized carbons (Fsp3) is 0.481. The number of aromatic nitrogens is 1. The van der Waals surface area contributed by atoms with Crippen LogP contribution in [0.25, 0.3) is 4.85 Å². The number of amides is 1. The first-order chi connectivity index (χ1) is 17.1. The van der Waals surface area contributed by atoms with Crippen LogP contribution in [0.2, 0.25) is 5.02 Å². The molecule has 0 radical (unpaired) electrons. The Morgan fingerprint density at radius 3 is 2.66 bits per heavy atom. The molecule has 1 aromatic carbocycles. The number of rotatable bonds is 3. The Morgan fingerprint density at radius 1 is 1.11 bits per heavy atom. The maximum absolute atomic E-state index is 13.0. The number of benzene rings is 1. The summed E-state index contributed by atoms with van der Waals surface area (Å²) in [6, 6.07) is 9.82. The maximum atomic E-state index is 13.0. The topological polar surface area (TPSA) is 62.4 Å². The van der Waals surface area contributed by atoms with Crippen molar-refractivity contribution < 1.29 is 9.53 Å². The van der Waals surface area contributed by atoms with Crippen molar-refractivity contribution in [1.29, 1.82) is 0 Å². The van der Waals surface area contributed by atoms with Crippen LogP contribution in [0, 0.1) is 18.4 Å². The number of hydrogen-bond acceptors (Lipinski definition) is 5. The highest BCUT2D eigenvalue weighted by Gasteiger charge is 2.46. The Kier molecular flexibility index (Phi) is 5.95. The van der Waals surface area contributed by atoms with E-state index in [0.717, 1.165) is 35.5 Å². The third-order valence-electron chi connectivity index (χ3n) is 7.92. The quantitative estimate of drug-likeness (QED) is 0.562. The zero-order chi connectivity index (χ0) is 23.9. The van der Waals surface area contributed by atoms with E-state index in [0.29, 0.717) is 54.5 Å². The summed E-state index contributed by atoms with van der Waals surface area (Å²) in [4.78, 5) is 23.2. The van der Waals surface area contributed by atoms with Gasteiger partial charge in [-0.05, 0) is 55.9 Å². The molecule has 35 heavy (non-hydrogen) atoms. The summed E-state index contributed by atoms with van der Waals surface area (Å²) < 4.78 is 5.39. The first-order valence-corrected chi connectivity index (χ1v) is 12.9. The molecule has 6 rings (SSSR count). The number of hydrogen-bond donors (Lipinski definition) is 0. The molecular formula is C27H28ClN5O2. The van der Waals surface area contributed by atoms with Gasteiger partial charge in [0, 0.05) is 29.6 Å². The summed E-state index contributed by atoms with van der Waals surface area (Å²) in [6.45, 7) is 9.70. The molecule has 8 heteroatoms. The number of aryl methyl sites for hydroxylation is 1. The third kappa shape index (κ3) is 3.99. The van der Waals surface area contributed by atoms with E-state index in [2.05, 4.69) is 9.85 Å². The van der Waals surface area contributed by atoms with E-state index in [1.807, 2.05) is 29.2 Å². The van der Waals surface area contributed by atoms with Gasteiger partial charge >= 0.3 is 0 Å². The highest BCUT2D eigenvalue weighted by atomic mass is 35.5. The number of hydrazone groups is 1. The summed E-state index contributed by atoms with van der Waals surface area (Å²) in [5.74, 6) is 0.885. The lowest BCUT2D eigenvalue weighted by Crippen LogP contribution is -2.42. The lowest BCUT2D eigenvalue weighted by Gasteiger charge is -2.34. The molecule has 2 aliphatic carbocycles. The van der Waals surface area contributed by atoms with Crippen molar-refractivity contribution in [2.24, 2.45) is 16.9 Å². The minimum Gasteiger partial charge on any atom is -0.378 e. The molecule has 2 fully saturated rings. The van der Waals surface area contributed by atoms with Gasteiger partial charge in [0.05, 0.1) is 42.9 Å². The lowest BCUT2D eigenvalue weighted by atomic mass is 9.76. The Hall–Kier alpha value is -2.95. The second-order valence-corrected chi connectivity index (χ2v) is 10.3. The van der Waals surface area contributed by atoms with Crippen LogP contribution in [0.5, 0.6) is 0 Å². The Morgan fingerprint density at radius 2 is 1.91 bits per heavy atom. The molecule has 2 aromatic rings. The molecule has 180 valence electrons. The van der Waals surface area contributed by atoms with E-state index in [9.17, 15) is 4.79 Å². The SMILES string of the molecule is [C-]#[N+]c1ccc(N2N=C3c4ccc(C(=O)N5CCOCC5)nc4CCC3C2C2CCCC2)cc1Cl. The van der Waals surface area contributed by atoms with Crippen LogP contribution in [0.15, 0.2) is 35.4 Å². The molecule has 2 aliphatic heterocycles. The van der Waals surface area contributed by atoms with Crippen molar-refractivity contribution in [3.05, 3.63) is 63.7 Å². The van der Waals surface area contributed by atoms with Gasteiger partial charge in [-0.2, -0.15) is 5.10 Å². The van der Waals surface area contributed by atoms with Crippen molar-refractivity contribution in [3.63, 3.8) is 0 Å². The fourth-order valence-electron chi connectivity index (χ4n) is 6.20. The molecule has 2 atom stereocenters. The summed E-state index contributed by atoms with van der Waals surface area (Å²) in [5, 5.41) is 7.80. The molecule has 0 bridgehead atoms. The summed E-state index contributed by atoms with van der Waals surface area (Å²) in [7, 11) is 0. The maximum Gasteiger partial charge on any atom is 0.272 e. The molecule has 1 saturated carbocycles. The van der Waals surface area contributed by atoms with Gasteiger partial charge < -0.3 is 9.64 Å². The number of carbonyl (C=O) groups is 1. The van der Waals surface area contributed by atoms with Crippen molar-refractivity contribution in [1.82, 2.24) is 9.88 Å². The highest BCUT2D eigenvalue weighted by molar-refractivity contribution is 6.33. The van der Waals surface area contributed by atoms with Crippen LogP contribution in [0.1, 0.15) is 53.8 Å². The van der Waals surface area contributed by atoms with Gasteiger partial charge in [-0.15, -0.1) is 0 Å². The molecular weight excluding hydrogens is 462 g/mol. The second kappa shape index (κ2) is 9.25. The highest BCUT2D eigenvalue weighted by Crippen LogP contribution is 2.45. The van der Waals surface area contributed by atoms with Crippen LogP contribution in [-0.2, 0) is 11.2 Å². The van der Waals surface area contributed by atoms with Crippen LogP contribution in [0.3, 0.4) is 0 Å². The second-order valence-electron chi connectivity index (χ2n) is 9.85. The summed E-state index contributed by atoms with van der Waals surface area (Å²) in [6.07, 6.45) is 6.77. The predicted octanol–water partition coefficient (Wildman–Crippen LogP) is 5.10. The zero-order valence-corrected chi connectivity index (χ0v) is 20.4. The molecule has 0 N–H and O–H groups in total. The largest absolute Gasteiger partial charge is 0.378 e. The van der Waals surface area contributed by atoms with Crippen molar-refractivity contribution in [3.8, 4) is 0 Å². The first kappa shape index (κ1) is 22.5. The average Bonchev–Trinajstić information content (AvgIpc) is 3.56. The molecule has 1 aromatic heterocycles. The molecule has 1 amide bonds. The Labute approximate surface area is 210 Å². The fourth-order valence-corrected chi connectivity index (χ4v) is 6.42. The normalized spacial score (nSPS) is 24.1. The minimum absolute atomic E-state index is 0.0217. The van der Waals surface area contributed by atoms with E-state index in [4.69, 9.17) is 33.0 Å². The third-order valence-corrected chi connectivity index (χ3v) is 8.22. The summed E-state index contributed by atoms with van der Waals surface area (Å²) in [5.41, 5.74) is 5.01. The van der Waals surface area contributed by atoms with E-state index >= 15 is 0 Å². The number of pyridine rings is 1. The Bertz CT molecular complexity index is 1230. The first-order valence-electron chi connectivity index (χ1n) is 12.6. The van der Waals surface area contributed by atoms with Crippen LogP contribution in [-0.4, -0.2) is 53.8 Å². The van der Waals surface area contributed by atoms with Gasteiger partial charge in [-0.25, -0.2) is 9.83 Å². The number of morpholine rings is 1. The molecule has 0 spiro atoms. The van der Waals surface area contributed by atoms with Gasteiger partial charge in [0.25, 0.3) is 5.91 Å². The van der Waals surface area contributed by atoms with Gasteiger partial charge in [0.15, 0.2) is 0 Å². The van der Waals surface area contributed by atoms with Crippen LogP contribution < -0.4 is 5.01 Å². The van der Waals surface area contributed by atoms with Crippen molar-refractivity contribution in [2.75, 3.05) is 31.3 Å². The van der Waals surface area contributed by atoms with E-state index in [1.54, 1.807) is 6.07 Å².